The number of halogens is 5. The third-order valence-electron chi connectivity index (χ3n) is 3.65. The molecule has 0 aliphatic carbocycles. The molecule has 0 amide bonds. The standard InChI is InChI=1S/C16H8Cl2F3N5OS/c17-10-4-2-1-3-9(10)14-24-22-12(27-14)7-28-15-25-23-13-11(18)5-8(6-26(13)15)16(19,20)21/h1-6H,7H2. The van der Waals surface area contributed by atoms with Gasteiger partial charge in [0.15, 0.2) is 10.8 Å². The zero-order valence-corrected chi connectivity index (χ0v) is 15.9. The van der Waals surface area contributed by atoms with E-state index in [1.54, 1.807) is 24.3 Å². The van der Waals surface area contributed by atoms with Gasteiger partial charge in [0.25, 0.3) is 0 Å². The molecular weight excluding hydrogens is 438 g/mol. The number of pyridine rings is 1. The van der Waals surface area contributed by atoms with Crippen molar-refractivity contribution in [3.8, 4) is 11.5 Å². The van der Waals surface area contributed by atoms with E-state index in [-0.39, 0.29) is 33.4 Å². The first-order chi connectivity index (χ1) is 13.3. The van der Waals surface area contributed by atoms with E-state index >= 15 is 0 Å². The molecule has 6 nitrogen and oxygen atoms in total. The lowest BCUT2D eigenvalue weighted by atomic mass is 10.2. The molecule has 12 heteroatoms. The van der Waals surface area contributed by atoms with Crippen LogP contribution in [0.4, 0.5) is 13.2 Å². The summed E-state index contributed by atoms with van der Waals surface area (Å²) in [7, 11) is 0. The molecule has 0 fully saturated rings. The summed E-state index contributed by atoms with van der Waals surface area (Å²) in [5.74, 6) is 0.677. The van der Waals surface area contributed by atoms with Crippen molar-refractivity contribution in [2.45, 2.75) is 17.1 Å². The van der Waals surface area contributed by atoms with Gasteiger partial charge in [-0.15, -0.1) is 20.4 Å². The Morgan fingerprint density at radius 2 is 1.82 bits per heavy atom. The normalized spacial score (nSPS) is 12.0. The quantitative estimate of drug-likeness (QED) is 0.391. The van der Waals surface area contributed by atoms with Gasteiger partial charge in [-0.25, -0.2) is 0 Å². The van der Waals surface area contributed by atoms with Crippen molar-refractivity contribution >= 4 is 40.6 Å². The van der Waals surface area contributed by atoms with Crippen LogP contribution in [0.2, 0.25) is 10.0 Å². The molecule has 0 spiro atoms. The Kier molecular flexibility index (Phi) is 4.94. The lowest BCUT2D eigenvalue weighted by Crippen LogP contribution is -2.07. The summed E-state index contributed by atoms with van der Waals surface area (Å²) in [4.78, 5) is 0. The van der Waals surface area contributed by atoms with Crippen LogP contribution in [0.5, 0.6) is 0 Å². The number of hydrogen-bond donors (Lipinski definition) is 0. The number of alkyl halides is 3. The minimum Gasteiger partial charge on any atom is -0.420 e. The maximum absolute atomic E-state index is 13.0. The largest absolute Gasteiger partial charge is 0.420 e. The minimum absolute atomic E-state index is 0.124. The van der Waals surface area contributed by atoms with E-state index in [4.69, 9.17) is 27.6 Å². The molecule has 4 rings (SSSR count). The number of benzene rings is 1. The predicted octanol–water partition coefficient (Wildman–Crippen LogP) is 5.40. The number of nitrogens with zero attached hydrogens (tertiary/aromatic N) is 5. The first-order valence-corrected chi connectivity index (χ1v) is 9.38. The Bertz CT molecular complexity index is 1160. The van der Waals surface area contributed by atoms with Crippen molar-refractivity contribution in [1.29, 1.82) is 0 Å². The first kappa shape index (κ1) is 19.0. The van der Waals surface area contributed by atoms with E-state index < -0.39 is 11.7 Å². The van der Waals surface area contributed by atoms with Gasteiger partial charge >= 0.3 is 6.18 Å². The monoisotopic (exact) mass is 445 g/mol. The van der Waals surface area contributed by atoms with Crippen molar-refractivity contribution in [2.75, 3.05) is 0 Å². The molecular formula is C16H8Cl2F3N5OS. The Balaban J connectivity index is 1.58. The van der Waals surface area contributed by atoms with Crippen molar-refractivity contribution in [1.82, 2.24) is 24.8 Å². The van der Waals surface area contributed by atoms with Crippen molar-refractivity contribution < 1.29 is 17.6 Å². The molecule has 144 valence electrons. The summed E-state index contributed by atoms with van der Waals surface area (Å²) in [5, 5.41) is 16.1. The van der Waals surface area contributed by atoms with Crippen LogP contribution < -0.4 is 0 Å². The highest BCUT2D eigenvalue weighted by atomic mass is 35.5. The summed E-state index contributed by atoms with van der Waals surface area (Å²) in [6, 6.07) is 7.80. The second-order valence-corrected chi connectivity index (χ2v) is 7.28. The summed E-state index contributed by atoms with van der Waals surface area (Å²) >= 11 is 13.1. The van der Waals surface area contributed by atoms with Gasteiger partial charge in [0.2, 0.25) is 11.8 Å². The molecule has 0 unspecified atom stereocenters. The number of hydrogen-bond acceptors (Lipinski definition) is 6. The van der Waals surface area contributed by atoms with Crippen LogP contribution in [-0.4, -0.2) is 24.8 Å². The molecule has 4 aromatic rings. The highest BCUT2D eigenvalue weighted by Crippen LogP contribution is 2.34. The molecule has 1 aromatic carbocycles. The third kappa shape index (κ3) is 3.67. The zero-order chi connectivity index (χ0) is 19.9. The second-order valence-electron chi connectivity index (χ2n) is 5.52. The zero-order valence-electron chi connectivity index (χ0n) is 13.6. The fourth-order valence-electron chi connectivity index (χ4n) is 2.37. The third-order valence-corrected chi connectivity index (χ3v) is 5.19. The number of thioether (sulfide) groups is 1. The van der Waals surface area contributed by atoms with E-state index in [1.807, 2.05) is 0 Å². The predicted molar refractivity (Wildman–Crippen MR) is 97.3 cm³/mol. The molecule has 0 aliphatic rings. The van der Waals surface area contributed by atoms with Gasteiger partial charge < -0.3 is 4.42 Å². The highest BCUT2D eigenvalue weighted by Gasteiger charge is 2.32. The van der Waals surface area contributed by atoms with E-state index in [0.29, 0.717) is 10.6 Å². The topological polar surface area (TPSA) is 69.1 Å². The molecule has 0 radical (unpaired) electrons. The van der Waals surface area contributed by atoms with E-state index in [1.165, 1.54) is 4.40 Å². The maximum Gasteiger partial charge on any atom is 0.417 e. The van der Waals surface area contributed by atoms with E-state index in [2.05, 4.69) is 20.4 Å². The molecule has 3 aromatic heterocycles. The van der Waals surface area contributed by atoms with Crippen molar-refractivity contribution in [3.05, 3.63) is 58.0 Å². The van der Waals surface area contributed by atoms with Crippen LogP contribution in [0.25, 0.3) is 17.1 Å². The van der Waals surface area contributed by atoms with Crippen molar-refractivity contribution in [3.63, 3.8) is 0 Å². The molecule has 0 aliphatic heterocycles. The number of aromatic nitrogens is 5. The first-order valence-electron chi connectivity index (χ1n) is 7.64. The minimum atomic E-state index is -4.54. The average Bonchev–Trinajstić information content (AvgIpc) is 3.26. The van der Waals surface area contributed by atoms with Gasteiger partial charge in [-0.2, -0.15) is 13.2 Å². The highest BCUT2D eigenvalue weighted by molar-refractivity contribution is 7.98. The maximum atomic E-state index is 13.0. The molecule has 0 saturated heterocycles. The molecule has 0 bridgehead atoms. The number of rotatable bonds is 4. The number of fused-ring (bicyclic) bond motifs is 1. The summed E-state index contributed by atoms with van der Waals surface area (Å²) in [6.07, 6.45) is -3.65. The smallest absolute Gasteiger partial charge is 0.417 e. The van der Waals surface area contributed by atoms with Gasteiger partial charge in [-0.1, -0.05) is 47.1 Å². The van der Waals surface area contributed by atoms with E-state index in [0.717, 1.165) is 24.0 Å². The Morgan fingerprint density at radius 1 is 1.04 bits per heavy atom. The van der Waals surface area contributed by atoms with Crippen molar-refractivity contribution in [2.24, 2.45) is 0 Å². The summed E-state index contributed by atoms with van der Waals surface area (Å²) in [6.45, 7) is 0. The molecule has 0 atom stereocenters. The average molecular weight is 446 g/mol. The van der Waals surface area contributed by atoms with Crippen LogP contribution in [-0.2, 0) is 11.9 Å². The Hall–Kier alpha value is -2.30. The van der Waals surface area contributed by atoms with Crippen LogP contribution in [0.3, 0.4) is 0 Å². The SMILES string of the molecule is FC(F)(F)c1cc(Cl)c2nnc(SCc3nnc(-c4ccccc4Cl)o3)n2c1. The lowest BCUT2D eigenvalue weighted by Gasteiger charge is -2.08. The Morgan fingerprint density at radius 3 is 2.57 bits per heavy atom. The molecule has 0 saturated carbocycles. The van der Waals surface area contributed by atoms with Crippen LogP contribution >= 0.6 is 35.0 Å². The van der Waals surface area contributed by atoms with Gasteiger partial charge in [0, 0.05) is 6.20 Å². The molecule has 28 heavy (non-hydrogen) atoms. The Labute approximate surface area is 169 Å². The molecule has 0 N–H and O–H groups in total. The van der Waals surface area contributed by atoms with Crippen LogP contribution in [0.1, 0.15) is 11.5 Å². The fourth-order valence-corrected chi connectivity index (χ4v) is 3.58. The molecule has 3 heterocycles. The fraction of sp³-hybridized carbons (Fsp3) is 0.125. The van der Waals surface area contributed by atoms with Gasteiger partial charge in [-0.05, 0) is 18.2 Å². The van der Waals surface area contributed by atoms with Crippen LogP contribution in [0, 0.1) is 0 Å². The lowest BCUT2D eigenvalue weighted by molar-refractivity contribution is -0.137. The summed E-state index contributed by atoms with van der Waals surface area (Å²) in [5.41, 5.74) is -0.188. The van der Waals surface area contributed by atoms with Gasteiger partial charge in [-0.3, -0.25) is 4.40 Å². The van der Waals surface area contributed by atoms with Gasteiger partial charge in [0.1, 0.15) is 0 Å². The van der Waals surface area contributed by atoms with E-state index in [9.17, 15) is 13.2 Å². The second kappa shape index (κ2) is 7.26. The van der Waals surface area contributed by atoms with Gasteiger partial charge in [0.05, 0.1) is 26.9 Å². The summed E-state index contributed by atoms with van der Waals surface area (Å²) < 4.78 is 45.8. The van der Waals surface area contributed by atoms with Crippen LogP contribution in [0.15, 0.2) is 46.1 Å².